The number of anilines is 1. The van der Waals surface area contributed by atoms with Crippen LogP contribution in [0, 0.1) is 0 Å². The molecule has 0 spiro atoms. The number of nitrogens with one attached hydrogen (secondary N) is 1. The van der Waals surface area contributed by atoms with Crippen molar-refractivity contribution < 1.29 is 13.6 Å². The van der Waals surface area contributed by atoms with Gasteiger partial charge in [-0.2, -0.15) is 8.78 Å². The Morgan fingerprint density at radius 2 is 1.95 bits per heavy atom. The van der Waals surface area contributed by atoms with Crippen LogP contribution in [0.5, 0.6) is 0 Å². The number of hydrogen-bond acceptors (Lipinski definition) is 5. The Morgan fingerprint density at radius 1 is 1.27 bits per heavy atom. The monoisotopic (exact) mass is 344 g/mol. The summed E-state index contributed by atoms with van der Waals surface area (Å²) in [7, 11) is 1.80. The number of alkyl halides is 2. The highest BCUT2D eigenvalue weighted by molar-refractivity contribution is 8.00. The van der Waals surface area contributed by atoms with E-state index in [0.717, 1.165) is 0 Å². The predicted octanol–water partition coefficient (Wildman–Crippen LogP) is 3.25. The van der Waals surface area contributed by atoms with Crippen LogP contribution in [-0.2, 0) is 11.8 Å². The second-order valence-electron chi connectivity index (χ2n) is 4.38. The topological polar surface area (TPSA) is 59.8 Å². The fraction of sp³-hybridized carbons (Fsp3) is 0.308. The van der Waals surface area contributed by atoms with Crippen LogP contribution in [0.15, 0.2) is 40.6 Å². The van der Waals surface area contributed by atoms with E-state index in [1.807, 2.05) is 0 Å². The van der Waals surface area contributed by atoms with Gasteiger partial charge in [-0.15, -0.1) is 10.2 Å². The van der Waals surface area contributed by atoms with Crippen molar-refractivity contribution in [2.75, 3.05) is 5.32 Å². The maximum atomic E-state index is 12.2. The van der Waals surface area contributed by atoms with Gasteiger partial charge in [0.1, 0.15) is 6.33 Å². The number of carbonyl (C=O) groups is 1. The lowest BCUT2D eigenvalue weighted by Gasteiger charge is -2.11. The van der Waals surface area contributed by atoms with Gasteiger partial charge < -0.3 is 9.88 Å². The SMILES string of the molecule is C[C@@H](Sc1nncn1C)C(=O)Nc1ccc(SC(F)F)cc1. The Labute approximate surface area is 134 Å². The highest BCUT2D eigenvalue weighted by Gasteiger charge is 2.17. The van der Waals surface area contributed by atoms with Crippen LogP contribution >= 0.6 is 23.5 Å². The molecule has 9 heteroatoms. The van der Waals surface area contributed by atoms with E-state index in [-0.39, 0.29) is 11.2 Å². The minimum Gasteiger partial charge on any atom is -0.325 e. The number of carbonyl (C=O) groups excluding carboxylic acids is 1. The molecule has 1 heterocycles. The molecule has 1 N–H and O–H groups in total. The van der Waals surface area contributed by atoms with Crippen LogP contribution in [0.25, 0.3) is 0 Å². The molecule has 0 radical (unpaired) electrons. The van der Waals surface area contributed by atoms with Crippen LogP contribution in [0.3, 0.4) is 0 Å². The van der Waals surface area contributed by atoms with Crippen molar-refractivity contribution >= 4 is 35.1 Å². The van der Waals surface area contributed by atoms with Gasteiger partial charge in [0, 0.05) is 17.6 Å². The molecule has 0 unspecified atom stereocenters. The van der Waals surface area contributed by atoms with Crippen LogP contribution < -0.4 is 5.32 Å². The predicted molar refractivity (Wildman–Crippen MR) is 83.3 cm³/mol. The summed E-state index contributed by atoms with van der Waals surface area (Å²) < 4.78 is 26.2. The zero-order valence-corrected chi connectivity index (χ0v) is 13.5. The second kappa shape index (κ2) is 7.59. The van der Waals surface area contributed by atoms with Gasteiger partial charge in [0.05, 0.1) is 5.25 Å². The Hall–Kier alpha value is -1.61. The summed E-state index contributed by atoms with van der Waals surface area (Å²) in [6.45, 7) is 1.76. The first-order chi connectivity index (χ1) is 10.5. The Morgan fingerprint density at radius 3 is 2.50 bits per heavy atom. The molecule has 2 aromatic rings. The molecule has 1 aromatic heterocycles. The highest BCUT2D eigenvalue weighted by Crippen LogP contribution is 2.26. The molecule has 1 amide bonds. The molecular weight excluding hydrogens is 330 g/mol. The summed E-state index contributed by atoms with van der Waals surface area (Å²) in [5.41, 5.74) is 0.564. The quantitative estimate of drug-likeness (QED) is 0.815. The fourth-order valence-electron chi connectivity index (χ4n) is 1.55. The minimum absolute atomic E-state index is 0.192. The smallest absolute Gasteiger partial charge is 0.288 e. The summed E-state index contributed by atoms with van der Waals surface area (Å²) >= 11 is 1.76. The highest BCUT2D eigenvalue weighted by atomic mass is 32.2. The third-order valence-electron chi connectivity index (χ3n) is 2.67. The van der Waals surface area contributed by atoms with E-state index >= 15 is 0 Å². The molecule has 0 bridgehead atoms. The number of rotatable bonds is 6. The molecule has 0 aliphatic heterocycles. The van der Waals surface area contributed by atoms with Crippen LogP contribution in [-0.4, -0.2) is 31.7 Å². The van der Waals surface area contributed by atoms with E-state index in [1.165, 1.54) is 11.8 Å². The van der Waals surface area contributed by atoms with Gasteiger partial charge in [0.15, 0.2) is 5.16 Å². The molecule has 5 nitrogen and oxygen atoms in total. The minimum atomic E-state index is -2.46. The Balaban J connectivity index is 1.92. The van der Waals surface area contributed by atoms with E-state index in [2.05, 4.69) is 15.5 Å². The van der Waals surface area contributed by atoms with Gasteiger partial charge in [-0.05, 0) is 31.2 Å². The van der Waals surface area contributed by atoms with Gasteiger partial charge >= 0.3 is 0 Å². The standard InChI is InChI=1S/C13H14F2N4OS2/c1-8(21-13-18-16-7-19(13)2)11(20)17-9-3-5-10(6-4-9)22-12(14)15/h3-8,12H,1-2H3,(H,17,20)/t8-/m1/s1. The number of nitrogens with zero attached hydrogens (tertiary/aromatic N) is 3. The first-order valence-electron chi connectivity index (χ1n) is 6.32. The lowest BCUT2D eigenvalue weighted by molar-refractivity contribution is -0.115. The summed E-state index contributed by atoms with van der Waals surface area (Å²) in [4.78, 5) is 12.6. The van der Waals surface area contributed by atoms with Crippen molar-refractivity contribution in [1.29, 1.82) is 0 Å². The first kappa shape index (κ1) is 16.8. The number of benzene rings is 1. The molecular formula is C13H14F2N4OS2. The van der Waals surface area contributed by atoms with Crippen molar-refractivity contribution in [3.63, 3.8) is 0 Å². The molecule has 0 saturated heterocycles. The van der Waals surface area contributed by atoms with Crippen molar-refractivity contribution in [2.45, 2.75) is 28.0 Å². The Bertz CT molecular complexity index is 633. The number of thioether (sulfide) groups is 2. The molecule has 0 saturated carbocycles. The summed E-state index contributed by atoms with van der Waals surface area (Å²) in [5.74, 6) is -2.65. The lowest BCUT2D eigenvalue weighted by Crippen LogP contribution is -2.22. The summed E-state index contributed by atoms with van der Waals surface area (Å²) in [5, 5.41) is 10.7. The van der Waals surface area contributed by atoms with Crippen LogP contribution in [0.2, 0.25) is 0 Å². The molecule has 0 fully saturated rings. The number of halogens is 2. The molecule has 0 aliphatic rings. The van der Waals surface area contributed by atoms with Crippen molar-refractivity contribution in [3.05, 3.63) is 30.6 Å². The lowest BCUT2D eigenvalue weighted by atomic mass is 10.3. The average molecular weight is 344 g/mol. The third kappa shape index (κ3) is 4.70. The van der Waals surface area contributed by atoms with E-state index < -0.39 is 5.76 Å². The zero-order chi connectivity index (χ0) is 16.1. The second-order valence-corrected chi connectivity index (χ2v) is 6.75. The van der Waals surface area contributed by atoms with Gasteiger partial charge in [0.2, 0.25) is 5.91 Å². The summed E-state index contributed by atoms with van der Waals surface area (Å²) in [6.07, 6.45) is 1.56. The molecule has 22 heavy (non-hydrogen) atoms. The molecule has 1 aromatic carbocycles. The number of hydrogen-bond donors (Lipinski definition) is 1. The van der Waals surface area contributed by atoms with E-state index in [1.54, 1.807) is 49.1 Å². The Kier molecular flexibility index (Phi) is 5.78. The third-order valence-corrected chi connectivity index (χ3v) is 4.54. The van der Waals surface area contributed by atoms with Gasteiger partial charge in [-0.3, -0.25) is 4.79 Å². The largest absolute Gasteiger partial charge is 0.325 e. The molecule has 1 atom stereocenters. The maximum absolute atomic E-state index is 12.2. The van der Waals surface area contributed by atoms with Crippen LogP contribution in [0.1, 0.15) is 6.92 Å². The average Bonchev–Trinajstić information content (AvgIpc) is 2.86. The van der Waals surface area contributed by atoms with E-state index in [9.17, 15) is 13.6 Å². The summed E-state index contributed by atoms with van der Waals surface area (Å²) in [6, 6.07) is 6.30. The maximum Gasteiger partial charge on any atom is 0.288 e. The molecule has 0 aliphatic carbocycles. The number of amides is 1. The van der Waals surface area contributed by atoms with Crippen molar-refractivity contribution in [3.8, 4) is 0 Å². The van der Waals surface area contributed by atoms with Crippen LogP contribution in [0.4, 0.5) is 14.5 Å². The van der Waals surface area contributed by atoms with E-state index in [0.29, 0.717) is 27.5 Å². The van der Waals surface area contributed by atoms with Crippen molar-refractivity contribution in [2.24, 2.45) is 7.05 Å². The molecule has 118 valence electrons. The van der Waals surface area contributed by atoms with E-state index in [4.69, 9.17) is 0 Å². The van der Waals surface area contributed by atoms with Gasteiger partial charge in [-0.1, -0.05) is 23.5 Å². The van der Waals surface area contributed by atoms with Gasteiger partial charge in [0.25, 0.3) is 5.76 Å². The first-order valence-corrected chi connectivity index (χ1v) is 8.08. The zero-order valence-electron chi connectivity index (χ0n) is 11.9. The fourth-order valence-corrected chi connectivity index (χ4v) is 2.84. The number of aromatic nitrogens is 3. The van der Waals surface area contributed by atoms with Gasteiger partial charge in [-0.25, -0.2) is 0 Å². The number of aryl methyl sites for hydroxylation is 1. The molecule has 2 rings (SSSR count). The normalized spacial score (nSPS) is 12.4. The van der Waals surface area contributed by atoms with Crippen molar-refractivity contribution in [1.82, 2.24) is 14.8 Å².